The summed E-state index contributed by atoms with van der Waals surface area (Å²) in [6.45, 7) is 8.84. The molecule has 3 aliphatic rings. The van der Waals surface area contributed by atoms with E-state index in [0.717, 1.165) is 5.88 Å². The number of pyridine rings is 1. The van der Waals surface area contributed by atoms with Gasteiger partial charge in [0.05, 0.1) is 5.54 Å². The second-order valence-corrected chi connectivity index (χ2v) is 8.76. The van der Waals surface area contributed by atoms with Gasteiger partial charge in [-0.3, -0.25) is 4.79 Å². The molecule has 1 aliphatic heterocycles. The van der Waals surface area contributed by atoms with E-state index in [4.69, 9.17) is 4.74 Å². The van der Waals surface area contributed by atoms with Crippen molar-refractivity contribution in [1.82, 2.24) is 15.6 Å². The van der Waals surface area contributed by atoms with Gasteiger partial charge in [-0.05, 0) is 64.4 Å². The van der Waals surface area contributed by atoms with E-state index in [-0.39, 0.29) is 11.8 Å². The van der Waals surface area contributed by atoms with Crippen LogP contribution in [0.15, 0.2) is 18.3 Å². The predicted molar refractivity (Wildman–Crippen MR) is 96.5 cm³/mol. The number of nitrogens with zero attached hydrogens (tertiary/aromatic N) is 1. The first kappa shape index (κ1) is 16.8. The highest BCUT2D eigenvalue weighted by molar-refractivity contribution is 5.83. The number of nitrogens with one attached hydrogen (secondary N) is 2. The van der Waals surface area contributed by atoms with Gasteiger partial charge >= 0.3 is 0 Å². The van der Waals surface area contributed by atoms with Crippen LogP contribution in [0, 0.1) is 17.8 Å². The van der Waals surface area contributed by atoms with Crippen molar-refractivity contribution in [2.45, 2.75) is 64.1 Å². The summed E-state index contributed by atoms with van der Waals surface area (Å²) >= 11 is 0. The standard InChI is InChI=1S/C20H29N3O2/c1-11-15-16(12(2)22-11)17(15)18(24)23-20(3,4)10-25-19-14(13-7-8-13)6-5-9-21-19/h5-6,9,11-13,15-17,22H,7-8,10H2,1-4H3,(H,23,24)/t11-,12-,15-,16+,17?/m1/s1. The summed E-state index contributed by atoms with van der Waals surface area (Å²) in [7, 11) is 0. The molecule has 1 aromatic rings. The van der Waals surface area contributed by atoms with Gasteiger partial charge in [-0.15, -0.1) is 0 Å². The van der Waals surface area contributed by atoms with E-state index in [1.165, 1.54) is 18.4 Å². The Bertz CT molecular complexity index is 657. The third-order valence-electron chi connectivity index (χ3n) is 5.97. The van der Waals surface area contributed by atoms with Crippen LogP contribution in [0.4, 0.5) is 0 Å². The van der Waals surface area contributed by atoms with Gasteiger partial charge in [-0.1, -0.05) is 6.07 Å². The summed E-state index contributed by atoms with van der Waals surface area (Å²) in [5.41, 5.74) is 0.793. The molecule has 2 N–H and O–H groups in total. The highest BCUT2D eigenvalue weighted by Crippen LogP contribution is 2.55. The van der Waals surface area contributed by atoms with Gasteiger partial charge in [0.15, 0.2) is 0 Å². The number of fused-ring (bicyclic) bond motifs is 1. The monoisotopic (exact) mass is 343 g/mol. The Kier molecular flexibility index (Phi) is 4.02. The van der Waals surface area contributed by atoms with Crippen molar-refractivity contribution in [3.63, 3.8) is 0 Å². The van der Waals surface area contributed by atoms with E-state index in [9.17, 15) is 4.79 Å². The van der Waals surface area contributed by atoms with E-state index in [1.807, 2.05) is 19.9 Å². The molecule has 5 atom stereocenters. The van der Waals surface area contributed by atoms with Crippen molar-refractivity contribution < 1.29 is 9.53 Å². The topological polar surface area (TPSA) is 63.2 Å². The second kappa shape index (κ2) is 5.97. The normalized spacial score (nSPS) is 33.7. The maximum Gasteiger partial charge on any atom is 0.224 e. The van der Waals surface area contributed by atoms with Gasteiger partial charge < -0.3 is 15.4 Å². The van der Waals surface area contributed by atoms with Crippen LogP contribution in [-0.2, 0) is 4.79 Å². The van der Waals surface area contributed by atoms with Gasteiger partial charge in [0.25, 0.3) is 0 Å². The Morgan fingerprint density at radius 1 is 1.32 bits per heavy atom. The molecule has 0 radical (unpaired) electrons. The Hall–Kier alpha value is -1.62. The molecule has 25 heavy (non-hydrogen) atoms. The number of rotatable bonds is 6. The fourth-order valence-electron chi connectivity index (χ4n) is 4.56. The van der Waals surface area contributed by atoms with Crippen LogP contribution < -0.4 is 15.4 Å². The van der Waals surface area contributed by atoms with Crippen molar-refractivity contribution in [2.24, 2.45) is 17.8 Å². The third-order valence-corrected chi connectivity index (χ3v) is 5.97. The Labute approximate surface area is 149 Å². The molecule has 0 spiro atoms. The number of amides is 1. The third kappa shape index (κ3) is 3.26. The first-order valence-corrected chi connectivity index (χ1v) is 9.53. The average molecular weight is 343 g/mol. The molecule has 3 fully saturated rings. The first-order chi connectivity index (χ1) is 11.9. The molecule has 5 heteroatoms. The number of aromatic nitrogens is 1. The molecular weight excluding hydrogens is 314 g/mol. The average Bonchev–Trinajstić information content (AvgIpc) is 3.44. The summed E-state index contributed by atoms with van der Waals surface area (Å²) in [5.74, 6) is 2.63. The van der Waals surface area contributed by atoms with Crippen LogP contribution in [0.2, 0.25) is 0 Å². The maximum atomic E-state index is 12.7. The molecule has 1 amide bonds. The van der Waals surface area contributed by atoms with Crippen molar-refractivity contribution >= 4 is 5.91 Å². The minimum Gasteiger partial charge on any atom is -0.475 e. The minimum atomic E-state index is -0.410. The fourth-order valence-corrected chi connectivity index (χ4v) is 4.56. The number of carbonyl (C=O) groups excluding carboxylic acids is 1. The van der Waals surface area contributed by atoms with E-state index < -0.39 is 5.54 Å². The van der Waals surface area contributed by atoms with Crippen molar-refractivity contribution in [3.8, 4) is 5.88 Å². The number of carbonyl (C=O) groups is 1. The zero-order valence-corrected chi connectivity index (χ0v) is 15.6. The smallest absolute Gasteiger partial charge is 0.224 e. The van der Waals surface area contributed by atoms with Crippen LogP contribution in [0.25, 0.3) is 0 Å². The number of hydrogen-bond donors (Lipinski definition) is 2. The molecule has 2 aliphatic carbocycles. The minimum absolute atomic E-state index is 0.155. The van der Waals surface area contributed by atoms with Crippen LogP contribution in [0.3, 0.4) is 0 Å². The number of ether oxygens (including phenoxy) is 1. The molecule has 1 saturated heterocycles. The first-order valence-electron chi connectivity index (χ1n) is 9.53. The van der Waals surface area contributed by atoms with Crippen LogP contribution in [0.5, 0.6) is 5.88 Å². The largest absolute Gasteiger partial charge is 0.475 e. The predicted octanol–water partition coefficient (Wildman–Crippen LogP) is 2.47. The van der Waals surface area contributed by atoms with Crippen molar-refractivity contribution in [2.75, 3.05) is 6.61 Å². The summed E-state index contributed by atoms with van der Waals surface area (Å²) in [4.78, 5) is 17.1. The van der Waals surface area contributed by atoms with E-state index in [1.54, 1.807) is 6.20 Å². The molecule has 0 aromatic carbocycles. The lowest BCUT2D eigenvalue weighted by atomic mass is 10.0. The van der Waals surface area contributed by atoms with Crippen LogP contribution in [-0.4, -0.2) is 35.1 Å². The van der Waals surface area contributed by atoms with Crippen molar-refractivity contribution in [3.05, 3.63) is 23.9 Å². The lowest BCUT2D eigenvalue weighted by molar-refractivity contribution is -0.125. The van der Waals surface area contributed by atoms with E-state index in [2.05, 4.69) is 35.5 Å². The lowest BCUT2D eigenvalue weighted by Crippen LogP contribution is -2.50. The molecule has 4 rings (SSSR count). The van der Waals surface area contributed by atoms with Gasteiger partial charge in [0.2, 0.25) is 11.8 Å². The second-order valence-electron chi connectivity index (χ2n) is 8.76. The van der Waals surface area contributed by atoms with Crippen LogP contribution >= 0.6 is 0 Å². The Morgan fingerprint density at radius 2 is 2.00 bits per heavy atom. The van der Waals surface area contributed by atoms with E-state index >= 15 is 0 Å². The molecule has 2 saturated carbocycles. The highest BCUT2D eigenvalue weighted by Gasteiger charge is 2.63. The van der Waals surface area contributed by atoms with E-state index in [0.29, 0.717) is 36.4 Å². The molecule has 1 aromatic heterocycles. The highest BCUT2D eigenvalue weighted by atomic mass is 16.5. The molecule has 1 unspecified atom stereocenters. The van der Waals surface area contributed by atoms with Gasteiger partial charge in [0.1, 0.15) is 6.61 Å². The van der Waals surface area contributed by atoms with Gasteiger partial charge in [-0.2, -0.15) is 0 Å². The molecule has 136 valence electrons. The maximum absolute atomic E-state index is 12.7. The zero-order valence-electron chi connectivity index (χ0n) is 15.6. The van der Waals surface area contributed by atoms with Gasteiger partial charge in [-0.25, -0.2) is 4.98 Å². The summed E-state index contributed by atoms with van der Waals surface area (Å²) < 4.78 is 6.00. The zero-order chi connectivity index (χ0) is 17.8. The summed E-state index contributed by atoms with van der Waals surface area (Å²) in [6.07, 6.45) is 4.21. The Balaban J connectivity index is 1.34. The molecule has 0 bridgehead atoms. The lowest BCUT2D eigenvalue weighted by Gasteiger charge is -2.27. The van der Waals surface area contributed by atoms with Gasteiger partial charge in [0, 0.05) is 29.8 Å². The SMILES string of the molecule is C[C@H]1N[C@H](C)[C@H]2C(C(=O)NC(C)(C)COc3ncccc3C3CC3)[C@H]21. The number of hydrogen-bond acceptors (Lipinski definition) is 4. The molecule has 2 heterocycles. The summed E-state index contributed by atoms with van der Waals surface area (Å²) in [5, 5.41) is 6.72. The van der Waals surface area contributed by atoms with Crippen LogP contribution in [0.1, 0.15) is 52.0 Å². The molecular formula is C20H29N3O2. The Morgan fingerprint density at radius 3 is 2.64 bits per heavy atom. The number of piperidine rings is 1. The van der Waals surface area contributed by atoms with Crippen molar-refractivity contribution in [1.29, 1.82) is 0 Å². The fraction of sp³-hybridized carbons (Fsp3) is 0.700. The summed E-state index contributed by atoms with van der Waals surface area (Å²) in [6, 6.07) is 4.94. The molecule has 5 nitrogen and oxygen atoms in total. The quantitative estimate of drug-likeness (QED) is 0.833.